The topological polar surface area (TPSA) is 72.6 Å². The number of aliphatic hydroxyl groups is 1. The van der Waals surface area contributed by atoms with Crippen molar-refractivity contribution in [2.75, 3.05) is 6.61 Å². The molecule has 0 aliphatic heterocycles. The van der Waals surface area contributed by atoms with E-state index < -0.39 is 5.91 Å². The minimum absolute atomic E-state index is 0.0704. The molecular weight excluding hydrogens is 242 g/mol. The minimum atomic E-state index is -0.466. The zero-order chi connectivity index (χ0) is 13.7. The summed E-state index contributed by atoms with van der Waals surface area (Å²) in [6.45, 7) is 0.0704. The molecule has 2 aromatic carbocycles. The van der Waals surface area contributed by atoms with E-state index in [1.54, 1.807) is 24.3 Å². The van der Waals surface area contributed by atoms with E-state index >= 15 is 0 Å². The molecule has 0 heterocycles. The first kappa shape index (κ1) is 13.1. The molecule has 0 unspecified atom stereocenters. The van der Waals surface area contributed by atoms with Crippen LogP contribution in [-0.2, 0) is 6.42 Å². The molecule has 4 heteroatoms. The largest absolute Gasteiger partial charge is 0.457 e. The molecule has 0 aromatic heterocycles. The van der Waals surface area contributed by atoms with Gasteiger partial charge in [-0.05, 0) is 42.3 Å². The molecule has 0 spiro atoms. The summed E-state index contributed by atoms with van der Waals surface area (Å²) in [4.78, 5) is 11.0. The number of ether oxygens (including phenoxy) is 1. The van der Waals surface area contributed by atoms with E-state index in [4.69, 9.17) is 15.6 Å². The predicted molar refractivity (Wildman–Crippen MR) is 72.3 cm³/mol. The van der Waals surface area contributed by atoms with E-state index in [9.17, 15) is 4.79 Å². The lowest BCUT2D eigenvalue weighted by Gasteiger charge is -2.10. The van der Waals surface area contributed by atoms with Crippen LogP contribution in [0.5, 0.6) is 11.5 Å². The average Bonchev–Trinajstić information content (AvgIpc) is 2.42. The van der Waals surface area contributed by atoms with Gasteiger partial charge in [0.15, 0.2) is 0 Å². The summed E-state index contributed by atoms with van der Waals surface area (Å²) >= 11 is 0. The highest BCUT2D eigenvalue weighted by atomic mass is 16.5. The van der Waals surface area contributed by atoms with Gasteiger partial charge in [-0.3, -0.25) is 4.79 Å². The normalized spacial score (nSPS) is 10.2. The van der Waals surface area contributed by atoms with Crippen LogP contribution in [0.3, 0.4) is 0 Å². The SMILES string of the molecule is NC(=O)c1ccc(Oc2ccccc2CCO)cc1. The molecule has 0 radical (unpaired) electrons. The lowest BCUT2D eigenvalue weighted by atomic mass is 10.1. The number of carbonyl (C=O) groups excluding carboxylic acids is 1. The van der Waals surface area contributed by atoms with Gasteiger partial charge in [0.05, 0.1) is 0 Å². The Morgan fingerprint density at radius 3 is 2.42 bits per heavy atom. The lowest BCUT2D eigenvalue weighted by Crippen LogP contribution is -2.10. The zero-order valence-corrected chi connectivity index (χ0v) is 10.4. The van der Waals surface area contributed by atoms with Crippen molar-refractivity contribution in [1.29, 1.82) is 0 Å². The Labute approximate surface area is 111 Å². The average molecular weight is 257 g/mol. The molecule has 0 saturated carbocycles. The van der Waals surface area contributed by atoms with Crippen LogP contribution in [0.4, 0.5) is 0 Å². The van der Waals surface area contributed by atoms with Crippen molar-refractivity contribution in [3.05, 3.63) is 59.7 Å². The third kappa shape index (κ3) is 3.33. The van der Waals surface area contributed by atoms with Gasteiger partial charge in [0, 0.05) is 12.2 Å². The van der Waals surface area contributed by atoms with Gasteiger partial charge in [-0.1, -0.05) is 18.2 Å². The molecule has 3 N–H and O–H groups in total. The number of aliphatic hydroxyl groups excluding tert-OH is 1. The van der Waals surface area contributed by atoms with Gasteiger partial charge in [-0.2, -0.15) is 0 Å². The molecule has 0 bridgehead atoms. The molecule has 0 saturated heterocycles. The van der Waals surface area contributed by atoms with Gasteiger partial charge in [0.25, 0.3) is 0 Å². The number of carbonyl (C=O) groups is 1. The molecule has 0 atom stereocenters. The van der Waals surface area contributed by atoms with Gasteiger partial charge in [0.2, 0.25) is 5.91 Å². The van der Waals surface area contributed by atoms with Crippen molar-refractivity contribution in [3.63, 3.8) is 0 Å². The van der Waals surface area contributed by atoms with Gasteiger partial charge in [-0.25, -0.2) is 0 Å². The summed E-state index contributed by atoms with van der Waals surface area (Å²) < 4.78 is 5.73. The molecule has 0 fully saturated rings. The van der Waals surface area contributed by atoms with Crippen LogP contribution in [0, 0.1) is 0 Å². The monoisotopic (exact) mass is 257 g/mol. The van der Waals surface area contributed by atoms with Crippen LogP contribution in [0.25, 0.3) is 0 Å². The number of nitrogens with two attached hydrogens (primary N) is 1. The number of benzene rings is 2. The Bertz CT molecular complexity index is 564. The Morgan fingerprint density at radius 1 is 1.11 bits per heavy atom. The minimum Gasteiger partial charge on any atom is -0.457 e. The van der Waals surface area contributed by atoms with Crippen LogP contribution in [0.2, 0.25) is 0 Å². The fourth-order valence-electron chi connectivity index (χ4n) is 1.74. The second kappa shape index (κ2) is 6.02. The molecule has 1 amide bonds. The van der Waals surface area contributed by atoms with Gasteiger partial charge in [-0.15, -0.1) is 0 Å². The summed E-state index contributed by atoms with van der Waals surface area (Å²) in [5.74, 6) is 0.853. The van der Waals surface area contributed by atoms with Gasteiger partial charge in [0.1, 0.15) is 11.5 Å². The number of primary amides is 1. The molecular formula is C15H15NO3. The van der Waals surface area contributed by atoms with Crippen LogP contribution in [-0.4, -0.2) is 17.6 Å². The fraction of sp³-hybridized carbons (Fsp3) is 0.133. The first-order valence-corrected chi connectivity index (χ1v) is 5.97. The maximum absolute atomic E-state index is 11.0. The highest BCUT2D eigenvalue weighted by Crippen LogP contribution is 2.25. The van der Waals surface area contributed by atoms with Crippen molar-refractivity contribution < 1.29 is 14.6 Å². The van der Waals surface area contributed by atoms with E-state index in [2.05, 4.69) is 0 Å². The maximum atomic E-state index is 11.0. The summed E-state index contributed by atoms with van der Waals surface area (Å²) in [5.41, 5.74) is 6.55. The maximum Gasteiger partial charge on any atom is 0.248 e. The summed E-state index contributed by atoms with van der Waals surface area (Å²) in [7, 11) is 0. The van der Waals surface area contributed by atoms with E-state index in [1.807, 2.05) is 24.3 Å². The number of amides is 1. The number of rotatable bonds is 5. The lowest BCUT2D eigenvalue weighted by molar-refractivity contribution is 0.100. The van der Waals surface area contributed by atoms with E-state index in [0.29, 0.717) is 23.5 Å². The van der Waals surface area contributed by atoms with E-state index in [0.717, 1.165) is 5.56 Å². The molecule has 0 aliphatic carbocycles. The van der Waals surface area contributed by atoms with E-state index in [-0.39, 0.29) is 6.61 Å². The molecule has 4 nitrogen and oxygen atoms in total. The number of para-hydroxylation sites is 1. The Balaban J connectivity index is 2.19. The molecule has 2 aromatic rings. The zero-order valence-electron chi connectivity index (χ0n) is 10.4. The standard InChI is InChI=1S/C15H15NO3/c16-15(18)12-5-7-13(8-6-12)19-14-4-2-1-3-11(14)9-10-17/h1-8,17H,9-10H2,(H2,16,18). The highest BCUT2D eigenvalue weighted by Gasteiger charge is 2.05. The van der Waals surface area contributed by atoms with Crippen molar-refractivity contribution >= 4 is 5.91 Å². The van der Waals surface area contributed by atoms with Gasteiger partial charge < -0.3 is 15.6 Å². The van der Waals surface area contributed by atoms with Crippen molar-refractivity contribution in [2.24, 2.45) is 5.73 Å². The third-order valence-corrected chi connectivity index (χ3v) is 2.72. The second-order valence-electron chi connectivity index (χ2n) is 4.07. The van der Waals surface area contributed by atoms with Crippen molar-refractivity contribution in [1.82, 2.24) is 0 Å². The summed E-state index contributed by atoms with van der Waals surface area (Å²) in [5, 5.41) is 9.00. The molecule has 0 aliphatic rings. The number of hydrogen-bond acceptors (Lipinski definition) is 3. The third-order valence-electron chi connectivity index (χ3n) is 2.72. The second-order valence-corrected chi connectivity index (χ2v) is 4.07. The van der Waals surface area contributed by atoms with Gasteiger partial charge >= 0.3 is 0 Å². The Kier molecular flexibility index (Phi) is 4.15. The molecule has 2 rings (SSSR count). The summed E-state index contributed by atoms with van der Waals surface area (Å²) in [6, 6.07) is 14.1. The van der Waals surface area contributed by atoms with Crippen molar-refractivity contribution in [3.8, 4) is 11.5 Å². The Hall–Kier alpha value is -2.33. The fourth-order valence-corrected chi connectivity index (χ4v) is 1.74. The quantitative estimate of drug-likeness (QED) is 0.861. The number of hydrogen-bond donors (Lipinski definition) is 2. The van der Waals surface area contributed by atoms with Crippen LogP contribution in [0.1, 0.15) is 15.9 Å². The van der Waals surface area contributed by atoms with Crippen LogP contribution >= 0.6 is 0 Å². The predicted octanol–water partition coefficient (Wildman–Crippen LogP) is 2.11. The molecule has 98 valence electrons. The first-order valence-electron chi connectivity index (χ1n) is 5.97. The van der Waals surface area contributed by atoms with Crippen LogP contribution < -0.4 is 10.5 Å². The van der Waals surface area contributed by atoms with Crippen molar-refractivity contribution in [2.45, 2.75) is 6.42 Å². The van der Waals surface area contributed by atoms with E-state index in [1.165, 1.54) is 0 Å². The smallest absolute Gasteiger partial charge is 0.248 e. The van der Waals surface area contributed by atoms with Crippen LogP contribution in [0.15, 0.2) is 48.5 Å². The molecule has 19 heavy (non-hydrogen) atoms. The highest BCUT2D eigenvalue weighted by molar-refractivity contribution is 5.92. The Morgan fingerprint density at radius 2 is 1.79 bits per heavy atom. The summed E-state index contributed by atoms with van der Waals surface area (Å²) in [6.07, 6.45) is 0.537. The first-order chi connectivity index (χ1) is 9.20.